The summed E-state index contributed by atoms with van der Waals surface area (Å²) in [6.45, 7) is 1.01. The van der Waals surface area contributed by atoms with Gasteiger partial charge in [0, 0.05) is 5.56 Å². The number of aromatic nitrogens is 2. The zero-order valence-corrected chi connectivity index (χ0v) is 9.76. The van der Waals surface area contributed by atoms with Crippen LogP contribution in [0.5, 0.6) is 0 Å². The van der Waals surface area contributed by atoms with Crippen LogP contribution >= 0.6 is 0 Å². The van der Waals surface area contributed by atoms with Crippen LogP contribution in [0.15, 0.2) is 28.8 Å². The molecule has 0 saturated carbocycles. The summed E-state index contributed by atoms with van der Waals surface area (Å²) in [5, 5.41) is 16.1. The first-order chi connectivity index (χ1) is 8.86. The number of hydrogen-bond acceptors (Lipinski definition) is 5. The van der Waals surface area contributed by atoms with Crippen LogP contribution in [0.25, 0.3) is 11.5 Å². The third-order valence-electron chi connectivity index (χ3n) is 3.07. The van der Waals surface area contributed by atoms with Gasteiger partial charge in [-0.2, -0.15) is 10.2 Å². The maximum atomic E-state index is 8.74. The molecule has 2 heterocycles. The number of nitriles is 1. The van der Waals surface area contributed by atoms with Gasteiger partial charge in [0.05, 0.1) is 17.7 Å². The summed E-state index contributed by atoms with van der Waals surface area (Å²) in [6.07, 6.45) is 2.19. The summed E-state index contributed by atoms with van der Waals surface area (Å²) >= 11 is 0. The van der Waals surface area contributed by atoms with Crippen molar-refractivity contribution < 1.29 is 4.52 Å². The molecule has 0 aliphatic carbocycles. The van der Waals surface area contributed by atoms with Gasteiger partial charge in [-0.05, 0) is 43.7 Å². The fourth-order valence-corrected chi connectivity index (χ4v) is 2.09. The Kier molecular flexibility index (Phi) is 2.79. The molecule has 0 amide bonds. The fourth-order valence-electron chi connectivity index (χ4n) is 2.09. The van der Waals surface area contributed by atoms with E-state index in [2.05, 4.69) is 21.5 Å². The highest BCUT2D eigenvalue weighted by atomic mass is 16.5. The van der Waals surface area contributed by atoms with E-state index in [4.69, 9.17) is 9.78 Å². The van der Waals surface area contributed by atoms with Gasteiger partial charge < -0.3 is 9.84 Å². The Balaban J connectivity index is 1.85. The van der Waals surface area contributed by atoms with Crippen molar-refractivity contribution >= 4 is 0 Å². The molecule has 1 aliphatic heterocycles. The zero-order chi connectivity index (χ0) is 12.4. The summed E-state index contributed by atoms with van der Waals surface area (Å²) in [5.41, 5.74) is 1.46. The normalized spacial score (nSPS) is 18.7. The van der Waals surface area contributed by atoms with Crippen LogP contribution in [0.1, 0.15) is 30.3 Å². The topological polar surface area (TPSA) is 74.7 Å². The SMILES string of the molecule is N#Cc1ccc(-c2nc(C3CCCN3)no2)cc1. The van der Waals surface area contributed by atoms with Gasteiger partial charge in [0.1, 0.15) is 0 Å². The molecule has 1 N–H and O–H groups in total. The van der Waals surface area contributed by atoms with Crippen molar-refractivity contribution in [2.24, 2.45) is 0 Å². The molecule has 0 radical (unpaired) electrons. The van der Waals surface area contributed by atoms with Crippen molar-refractivity contribution in [2.45, 2.75) is 18.9 Å². The van der Waals surface area contributed by atoms with Gasteiger partial charge in [-0.25, -0.2) is 0 Å². The highest BCUT2D eigenvalue weighted by Crippen LogP contribution is 2.24. The van der Waals surface area contributed by atoms with Crippen LogP contribution in [0, 0.1) is 11.3 Å². The predicted molar refractivity (Wildman–Crippen MR) is 64.4 cm³/mol. The number of nitrogens with one attached hydrogen (secondary N) is 1. The fraction of sp³-hybridized carbons (Fsp3) is 0.308. The summed E-state index contributed by atoms with van der Waals surface area (Å²) in [6, 6.07) is 9.41. The van der Waals surface area contributed by atoms with E-state index in [-0.39, 0.29) is 6.04 Å². The maximum Gasteiger partial charge on any atom is 0.257 e. The molecule has 3 rings (SSSR count). The minimum Gasteiger partial charge on any atom is -0.334 e. The minimum absolute atomic E-state index is 0.209. The van der Waals surface area contributed by atoms with Gasteiger partial charge in [0.2, 0.25) is 0 Å². The second-order valence-corrected chi connectivity index (χ2v) is 4.30. The average molecular weight is 240 g/mol. The lowest BCUT2D eigenvalue weighted by atomic mass is 10.1. The smallest absolute Gasteiger partial charge is 0.257 e. The Hall–Kier alpha value is -2.19. The second-order valence-electron chi connectivity index (χ2n) is 4.30. The second kappa shape index (κ2) is 4.59. The number of benzene rings is 1. The first-order valence-electron chi connectivity index (χ1n) is 5.94. The lowest BCUT2D eigenvalue weighted by Crippen LogP contribution is -2.14. The molecular formula is C13H12N4O. The van der Waals surface area contributed by atoms with Gasteiger partial charge in [0.25, 0.3) is 5.89 Å². The summed E-state index contributed by atoms with van der Waals surface area (Å²) < 4.78 is 5.25. The Labute approximate surface area is 104 Å². The van der Waals surface area contributed by atoms with E-state index in [1.54, 1.807) is 12.1 Å². The minimum atomic E-state index is 0.209. The van der Waals surface area contributed by atoms with Crippen molar-refractivity contribution in [1.82, 2.24) is 15.5 Å². The Bertz CT molecular complexity index is 576. The molecule has 1 saturated heterocycles. The molecule has 0 spiro atoms. The summed E-state index contributed by atoms with van der Waals surface area (Å²) in [7, 11) is 0. The standard InChI is InChI=1S/C13H12N4O/c14-8-9-3-5-10(6-4-9)13-16-12(17-18-13)11-2-1-7-15-11/h3-6,11,15H,1-2,7H2. The van der Waals surface area contributed by atoms with Crippen LogP contribution in [-0.2, 0) is 0 Å². The van der Waals surface area contributed by atoms with Crippen LogP contribution in [0.4, 0.5) is 0 Å². The summed E-state index contributed by atoms with van der Waals surface area (Å²) in [4.78, 5) is 4.39. The van der Waals surface area contributed by atoms with Crippen molar-refractivity contribution in [3.8, 4) is 17.5 Å². The quantitative estimate of drug-likeness (QED) is 0.869. The predicted octanol–water partition coefficient (Wildman–Crippen LogP) is 2.03. The van der Waals surface area contributed by atoms with Gasteiger partial charge in [-0.15, -0.1) is 0 Å². The van der Waals surface area contributed by atoms with E-state index in [1.807, 2.05) is 12.1 Å². The third-order valence-corrected chi connectivity index (χ3v) is 3.07. The molecule has 5 heteroatoms. The molecule has 1 fully saturated rings. The molecule has 1 unspecified atom stereocenters. The maximum absolute atomic E-state index is 8.74. The number of nitrogens with zero attached hydrogens (tertiary/aromatic N) is 3. The van der Waals surface area contributed by atoms with E-state index < -0.39 is 0 Å². The number of hydrogen-bond donors (Lipinski definition) is 1. The zero-order valence-electron chi connectivity index (χ0n) is 9.76. The monoisotopic (exact) mass is 240 g/mol. The Morgan fingerprint density at radius 3 is 2.83 bits per heavy atom. The van der Waals surface area contributed by atoms with Gasteiger partial charge in [-0.3, -0.25) is 0 Å². The molecule has 0 bridgehead atoms. The van der Waals surface area contributed by atoms with E-state index in [0.29, 0.717) is 17.3 Å². The van der Waals surface area contributed by atoms with E-state index in [9.17, 15) is 0 Å². The van der Waals surface area contributed by atoms with Crippen LogP contribution in [0.3, 0.4) is 0 Å². The molecule has 2 aromatic rings. The first-order valence-corrected chi connectivity index (χ1v) is 5.94. The van der Waals surface area contributed by atoms with E-state index in [1.165, 1.54) is 0 Å². The molecule has 1 aliphatic rings. The highest BCUT2D eigenvalue weighted by molar-refractivity contribution is 5.54. The van der Waals surface area contributed by atoms with E-state index in [0.717, 1.165) is 24.9 Å². The van der Waals surface area contributed by atoms with E-state index >= 15 is 0 Å². The van der Waals surface area contributed by atoms with Crippen molar-refractivity contribution in [3.63, 3.8) is 0 Å². The lowest BCUT2D eigenvalue weighted by Gasteiger charge is -2.01. The van der Waals surface area contributed by atoms with Crippen molar-refractivity contribution in [2.75, 3.05) is 6.54 Å². The van der Waals surface area contributed by atoms with Gasteiger partial charge in [-0.1, -0.05) is 5.16 Å². The Morgan fingerprint density at radius 1 is 1.33 bits per heavy atom. The van der Waals surface area contributed by atoms with Gasteiger partial charge in [0.15, 0.2) is 5.82 Å². The lowest BCUT2D eigenvalue weighted by molar-refractivity contribution is 0.412. The van der Waals surface area contributed by atoms with Crippen LogP contribution in [0.2, 0.25) is 0 Å². The highest BCUT2D eigenvalue weighted by Gasteiger charge is 2.21. The van der Waals surface area contributed by atoms with Crippen molar-refractivity contribution in [1.29, 1.82) is 5.26 Å². The summed E-state index contributed by atoms with van der Waals surface area (Å²) in [5.74, 6) is 1.22. The third kappa shape index (κ3) is 1.98. The molecule has 1 atom stereocenters. The van der Waals surface area contributed by atoms with Crippen LogP contribution in [-0.4, -0.2) is 16.7 Å². The molecular weight excluding hydrogens is 228 g/mol. The van der Waals surface area contributed by atoms with Gasteiger partial charge >= 0.3 is 0 Å². The molecule has 5 nitrogen and oxygen atoms in total. The molecule has 1 aromatic carbocycles. The Morgan fingerprint density at radius 2 is 2.17 bits per heavy atom. The average Bonchev–Trinajstić information content (AvgIpc) is 3.09. The first kappa shape index (κ1) is 10.9. The molecule has 90 valence electrons. The van der Waals surface area contributed by atoms with Crippen molar-refractivity contribution in [3.05, 3.63) is 35.7 Å². The molecule has 1 aromatic heterocycles. The number of rotatable bonds is 2. The molecule has 18 heavy (non-hydrogen) atoms. The largest absolute Gasteiger partial charge is 0.334 e. The van der Waals surface area contributed by atoms with Crippen LogP contribution < -0.4 is 5.32 Å².